The maximum absolute atomic E-state index is 13.4. The summed E-state index contributed by atoms with van der Waals surface area (Å²) in [5.41, 5.74) is -1.65. The van der Waals surface area contributed by atoms with Crippen molar-refractivity contribution in [2.24, 2.45) is 10.3 Å². The number of carbonyl (C=O) groups excluding carboxylic acids is 1. The van der Waals surface area contributed by atoms with Gasteiger partial charge in [-0.15, -0.1) is 0 Å². The summed E-state index contributed by atoms with van der Waals surface area (Å²) in [6, 6.07) is 0. The first kappa shape index (κ1) is 22.1. The third-order valence-corrected chi connectivity index (χ3v) is 4.94. The number of alkyl halides is 3. The summed E-state index contributed by atoms with van der Waals surface area (Å²) < 4.78 is 60.0. The van der Waals surface area contributed by atoms with Crippen molar-refractivity contribution in [2.45, 2.75) is 70.9 Å². The molecule has 1 heterocycles. The van der Waals surface area contributed by atoms with Gasteiger partial charge in [-0.1, -0.05) is 4.40 Å². The van der Waals surface area contributed by atoms with Crippen molar-refractivity contribution in [1.29, 1.82) is 0 Å². The summed E-state index contributed by atoms with van der Waals surface area (Å²) in [7, 11) is 0. The zero-order valence-corrected chi connectivity index (χ0v) is 16.4. The van der Waals surface area contributed by atoms with Gasteiger partial charge in [-0.05, 0) is 54.4 Å². The quantitative estimate of drug-likeness (QED) is 0.532. The minimum Gasteiger partial charge on any atom is -0.591 e. The number of ether oxygens (including phenoxy) is 1. The number of carbonyl (C=O) groups is 1. The third-order valence-electron chi connectivity index (χ3n) is 3.53. The second kappa shape index (κ2) is 7.73. The van der Waals surface area contributed by atoms with Gasteiger partial charge < -0.3 is 14.2 Å². The Morgan fingerprint density at radius 2 is 1.60 bits per heavy atom. The molecule has 1 aliphatic rings. The molecule has 0 aliphatic carbocycles. The highest BCUT2D eigenvalue weighted by Crippen LogP contribution is 2.32. The van der Waals surface area contributed by atoms with E-state index in [0.29, 0.717) is 0 Å². The lowest BCUT2D eigenvalue weighted by molar-refractivity contribution is -0.0640. The Kier molecular flexibility index (Phi) is 6.83. The molecule has 5 nitrogen and oxygen atoms in total. The van der Waals surface area contributed by atoms with Crippen molar-refractivity contribution >= 4 is 23.2 Å². The number of hydrogen-bond donors (Lipinski definition) is 0. The van der Waals surface area contributed by atoms with Gasteiger partial charge in [-0.25, -0.2) is 4.79 Å². The minimum atomic E-state index is -4.64. The van der Waals surface area contributed by atoms with Crippen LogP contribution in [-0.2, 0) is 16.1 Å². The SMILES string of the molecule is CC(C)(C)OC(=O)N1CCC(C(=N[S+]([O-])C(C)(C)C)C(F)(F)F)CC1. The van der Waals surface area contributed by atoms with Gasteiger partial charge in [0.25, 0.3) is 0 Å². The maximum Gasteiger partial charge on any atom is 0.434 e. The second-order valence-corrected chi connectivity index (χ2v) is 9.98. The van der Waals surface area contributed by atoms with E-state index in [2.05, 4.69) is 4.40 Å². The zero-order chi connectivity index (χ0) is 19.6. The van der Waals surface area contributed by atoms with Crippen LogP contribution in [0.4, 0.5) is 18.0 Å². The van der Waals surface area contributed by atoms with E-state index in [1.165, 1.54) is 4.90 Å². The van der Waals surface area contributed by atoms with Crippen LogP contribution in [0.5, 0.6) is 0 Å². The molecular formula is C16H27F3N2O3S. The molecule has 1 fully saturated rings. The first-order chi connectivity index (χ1) is 11.1. The highest BCUT2D eigenvalue weighted by molar-refractivity contribution is 7.91. The van der Waals surface area contributed by atoms with E-state index in [0.717, 1.165) is 0 Å². The van der Waals surface area contributed by atoms with Crippen molar-refractivity contribution in [3.8, 4) is 0 Å². The standard InChI is InChI=1S/C16H27F3N2O3S/c1-14(2,3)24-13(22)21-9-7-11(8-10-21)12(16(17,18)19)20-25(23)15(4,5)6/h11H,7-10H2,1-6H3. The normalized spacial score (nSPS) is 19.8. The van der Waals surface area contributed by atoms with Crippen LogP contribution in [0.15, 0.2) is 4.40 Å². The van der Waals surface area contributed by atoms with Crippen molar-refractivity contribution in [3.05, 3.63) is 0 Å². The number of rotatable bonds is 2. The van der Waals surface area contributed by atoms with Gasteiger partial charge in [-0.3, -0.25) is 0 Å². The Morgan fingerprint density at radius 1 is 1.12 bits per heavy atom. The summed E-state index contributed by atoms with van der Waals surface area (Å²) in [6.07, 6.45) is -4.95. The highest BCUT2D eigenvalue weighted by atomic mass is 32.2. The molecular weight excluding hydrogens is 357 g/mol. The number of likely N-dealkylation sites (tertiary alicyclic amines) is 1. The number of nitrogens with zero attached hydrogens (tertiary/aromatic N) is 2. The van der Waals surface area contributed by atoms with Crippen LogP contribution in [0.3, 0.4) is 0 Å². The van der Waals surface area contributed by atoms with Crippen LogP contribution in [0, 0.1) is 5.92 Å². The molecule has 146 valence electrons. The van der Waals surface area contributed by atoms with E-state index >= 15 is 0 Å². The first-order valence-electron chi connectivity index (χ1n) is 8.17. The molecule has 1 atom stereocenters. The van der Waals surface area contributed by atoms with Crippen LogP contribution in [0.25, 0.3) is 0 Å². The predicted octanol–water partition coefficient (Wildman–Crippen LogP) is 4.10. The molecule has 0 aromatic rings. The average Bonchev–Trinajstić information content (AvgIpc) is 2.40. The van der Waals surface area contributed by atoms with Gasteiger partial charge in [-0.2, -0.15) is 13.2 Å². The maximum atomic E-state index is 13.4. The minimum absolute atomic E-state index is 0.110. The van der Waals surface area contributed by atoms with Gasteiger partial charge in [0.15, 0.2) is 5.71 Å². The number of amides is 1. The van der Waals surface area contributed by atoms with Crippen LogP contribution in [0.1, 0.15) is 54.4 Å². The van der Waals surface area contributed by atoms with E-state index in [1.54, 1.807) is 41.5 Å². The predicted molar refractivity (Wildman–Crippen MR) is 91.9 cm³/mol. The molecule has 0 saturated carbocycles. The van der Waals surface area contributed by atoms with E-state index in [4.69, 9.17) is 4.74 Å². The molecule has 9 heteroatoms. The van der Waals surface area contributed by atoms with Crippen molar-refractivity contribution in [3.63, 3.8) is 0 Å². The summed E-state index contributed by atoms with van der Waals surface area (Å²) in [5, 5.41) is 0. The number of halogens is 3. The lowest BCUT2D eigenvalue weighted by Crippen LogP contribution is -2.45. The van der Waals surface area contributed by atoms with Crippen molar-refractivity contribution in [2.75, 3.05) is 13.1 Å². The fourth-order valence-corrected chi connectivity index (χ4v) is 2.95. The van der Waals surface area contributed by atoms with Gasteiger partial charge in [0.05, 0.1) is 0 Å². The molecule has 1 rings (SSSR count). The van der Waals surface area contributed by atoms with E-state index in [-0.39, 0.29) is 25.9 Å². The molecule has 1 saturated heterocycles. The smallest absolute Gasteiger partial charge is 0.434 e. The molecule has 25 heavy (non-hydrogen) atoms. The average molecular weight is 384 g/mol. The van der Waals surface area contributed by atoms with E-state index in [9.17, 15) is 22.5 Å². The molecule has 0 radical (unpaired) electrons. The Labute approximate surface area is 150 Å². The lowest BCUT2D eigenvalue weighted by atomic mass is 9.92. The summed E-state index contributed by atoms with van der Waals surface area (Å²) in [6.45, 7) is 10.2. The largest absolute Gasteiger partial charge is 0.591 e. The summed E-state index contributed by atoms with van der Waals surface area (Å²) >= 11 is -1.98. The van der Waals surface area contributed by atoms with E-state index < -0.39 is 45.6 Å². The topological polar surface area (TPSA) is 65.0 Å². The summed E-state index contributed by atoms with van der Waals surface area (Å²) in [5.74, 6) is -0.870. The Morgan fingerprint density at radius 3 is 1.96 bits per heavy atom. The lowest BCUT2D eigenvalue weighted by Gasteiger charge is -2.34. The molecule has 0 spiro atoms. The fourth-order valence-electron chi connectivity index (χ4n) is 2.25. The van der Waals surface area contributed by atoms with Gasteiger partial charge in [0.2, 0.25) is 0 Å². The van der Waals surface area contributed by atoms with Crippen LogP contribution in [0.2, 0.25) is 0 Å². The van der Waals surface area contributed by atoms with Crippen LogP contribution >= 0.6 is 0 Å². The van der Waals surface area contributed by atoms with Gasteiger partial charge in [0, 0.05) is 19.0 Å². The number of piperidine rings is 1. The molecule has 1 aliphatic heterocycles. The zero-order valence-electron chi connectivity index (χ0n) is 15.6. The van der Waals surface area contributed by atoms with Gasteiger partial charge in [0.1, 0.15) is 21.7 Å². The van der Waals surface area contributed by atoms with Gasteiger partial charge >= 0.3 is 12.3 Å². The molecule has 0 N–H and O–H groups in total. The van der Waals surface area contributed by atoms with Crippen molar-refractivity contribution in [1.82, 2.24) is 4.90 Å². The van der Waals surface area contributed by atoms with Crippen molar-refractivity contribution < 1.29 is 27.3 Å². The Balaban J connectivity index is 2.83. The molecule has 1 unspecified atom stereocenters. The third kappa shape index (κ3) is 7.05. The monoisotopic (exact) mass is 384 g/mol. The molecule has 1 amide bonds. The molecule has 0 aromatic heterocycles. The Hall–Kier alpha value is -0.960. The highest BCUT2D eigenvalue weighted by Gasteiger charge is 2.45. The summed E-state index contributed by atoms with van der Waals surface area (Å²) in [4.78, 5) is 13.4. The van der Waals surface area contributed by atoms with Crippen LogP contribution in [-0.4, -0.2) is 50.9 Å². The van der Waals surface area contributed by atoms with E-state index in [1.807, 2.05) is 0 Å². The number of hydrogen-bond acceptors (Lipinski definition) is 4. The molecule has 0 bridgehead atoms. The fraction of sp³-hybridized carbons (Fsp3) is 0.875. The molecule has 0 aromatic carbocycles. The first-order valence-corrected chi connectivity index (χ1v) is 9.27. The van der Waals surface area contributed by atoms with Crippen LogP contribution < -0.4 is 0 Å². The second-order valence-electron chi connectivity index (χ2n) is 8.08. The Bertz CT molecular complexity index is 502.